The van der Waals surface area contributed by atoms with Gasteiger partial charge in [0.2, 0.25) is 0 Å². The fraction of sp³-hybridized carbons (Fsp3) is 0.474. The summed E-state index contributed by atoms with van der Waals surface area (Å²) in [7, 11) is 5.62. The lowest BCUT2D eigenvalue weighted by Crippen LogP contribution is -2.51. The van der Waals surface area contributed by atoms with E-state index < -0.39 is 11.7 Å². The molecule has 0 radical (unpaired) electrons. The summed E-state index contributed by atoms with van der Waals surface area (Å²) in [4.78, 5) is 16.8. The average molecular weight is 396 g/mol. The number of halogens is 3. The number of aromatic nitrogens is 2. The van der Waals surface area contributed by atoms with E-state index in [1.807, 2.05) is 25.2 Å². The molecule has 152 valence electrons. The molecule has 6 nitrogen and oxygen atoms in total. The van der Waals surface area contributed by atoms with Gasteiger partial charge in [0.25, 0.3) is 5.91 Å². The van der Waals surface area contributed by atoms with Gasteiger partial charge in [0.05, 0.1) is 30.5 Å². The fourth-order valence-electron chi connectivity index (χ4n) is 3.43. The van der Waals surface area contributed by atoms with E-state index in [0.717, 1.165) is 17.7 Å². The van der Waals surface area contributed by atoms with Crippen LogP contribution < -0.4 is 0 Å². The molecule has 2 heterocycles. The van der Waals surface area contributed by atoms with Crippen LogP contribution in [0.3, 0.4) is 0 Å². The lowest BCUT2D eigenvalue weighted by atomic mass is 9.99. The van der Waals surface area contributed by atoms with E-state index in [1.54, 1.807) is 22.8 Å². The molecule has 28 heavy (non-hydrogen) atoms. The molecule has 0 bridgehead atoms. The summed E-state index contributed by atoms with van der Waals surface area (Å²) < 4.78 is 46.0. The van der Waals surface area contributed by atoms with Crippen molar-refractivity contribution in [3.05, 3.63) is 53.3 Å². The lowest BCUT2D eigenvalue weighted by Gasteiger charge is -2.41. The molecule has 0 aliphatic carbocycles. The van der Waals surface area contributed by atoms with Crippen LogP contribution in [0.4, 0.5) is 13.2 Å². The van der Waals surface area contributed by atoms with Crippen molar-refractivity contribution in [1.82, 2.24) is 19.6 Å². The van der Waals surface area contributed by atoms with Gasteiger partial charge in [-0.15, -0.1) is 0 Å². The molecule has 1 aromatic heterocycles. The Morgan fingerprint density at radius 1 is 1.29 bits per heavy atom. The Morgan fingerprint density at radius 2 is 1.96 bits per heavy atom. The first-order valence-electron chi connectivity index (χ1n) is 8.90. The Labute approximate surface area is 161 Å². The van der Waals surface area contributed by atoms with Gasteiger partial charge < -0.3 is 14.5 Å². The topological polar surface area (TPSA) is 50.6 Å². The molecule has 0 N–H and O–H groups in total. The van der Waals surface area contributed by atoms with Crippen LogP contribution >= 0.6 is 0 Å². The van der Waals surface area contributed by atoms with Crippen molar-refractivity contribution in [3.63, 3.8) is 0 Å². The molecule has 0 spiro atoms. The maximum atomic E-state index is 13.1. The Bertz CT molecular complexity index is 817. The predicted octanol–water partition coefficient (Wildman–Crippen LogP) is 2.58. The summed E-state index contributed by atoms with van der Waals surface area (Å²) in [5, 5.41) is 4.20. The number of benzene rings is 1. The second-order valence-corrected chi connectivity index (χ2v) is 7.14. The van der Waals surface area contributed by atoms with Gasteiger partial charge in [-0.2, -0.15) is 18.3 Å². The van der Waals surface area contributed by atoms with E-state index in [2.05, 4.69) is 5.10 Å². The Kier molecular flexibility index (Phi) is 5.76. The highest BCUT2D eigenvalue weighted by Gasteiger charge is 2.38. The second kappa shape index (κ2) is 7.92. The minimum atomic E-state index is -4.43. The standard InChI is InChI=1S/C19H23F3N4O2/c1-24(2)12-16-17(14-10-23-25(3)11-14)26(8-9-28-16)18(27)13-4-6-15(7-5-13)19(20,21)22/h4-7,10-11,16-17H,8-9,12H2,1-3H3/t16-,17-/m0/s1. The van der Waals surface area contributed by atoms with Crippen LogP contribution in [0.15, 0.2) is 36.7 Å². The normalized spacial score (nSPS) is 20.6. The van der Waals surface area contributed by atoms with Gasteiger partial charge in [-0.3, -0.25) is 9.48 Å². The summed E-state index contributed by atoms with van der Waals surface area (Å²) in [6.45, 7) is 1.31. The van der Waals surface area contributed by atoms with Crippen molar-refractivity contribution in [2.75, 3.05) is 33.8 Å². The smallest absolute Gasteiger partial charge is 0.373 e. The highest BCUT2D eigenvalue weighted by Crippen LogP contribution is 2.32. The number of rotatable bonds is 4. The van der Waals surface area contributed by atoms with E-state index in [9.17, 15) is 18.0 Å². The molecule has 3 rings (SSSR count). The van der Waals surface area contributed by atoms with Crippen LogP contribution in [0.5, 0.6) is 0 Å². The lowest BCUT2D eigenvalue weighted by molar-refractivity contribution is -0.137. The Morgan fingerprint density at radius 3 is 2.50 bits per heavy atom. The van der Waals surface area contributed by atoms with Crippen molar-refractivity contribution >= 4 is 5.91 Å². The van der Waals surface area contributed by atoms with Gasteiger partial charge in [-0.1, -0.05) is 0 Å². The second-order valence-electron chi connectivity index (χ2n) is 7.14. The zero-order valence-electron chi connectivity index (χ0n) is 16.0. The summed E-state index contributed by atoms with van der Waals surface area (Å²) in [5.41, 5.74) is 0.266. The van der Waals surface area contributed by atoms with Gasteiger partial charge in [0, 0.05) is 37.5 Å². The largest absolute Gasteiger partial charge is 0.416 e. The third-order valence-corrected chi connectivity index (χ3v) is 4.68. The van der Waals surface area contributed by atoms with E-state index in [4.69, 9.17) is 4.74 Å². The number of amides is 1. The number of hydrogen-bond donors (Lipinski definition) is 0. The quantitative estimate of drug-likeness (QED) is 0.797. The zero-order chi connectivity index (χ0) is 20.5. The van der Waals surface area contributed by atoms with Gasteiger partial charge in [-0.05, 0) is 38.4 Å². The van der Waals surface area contributed by atoms with Crippen LogP contribution in [0.1, 0.15) is 27.5 Å². The molecule has 2 aromatic rings. The van der Waals surface area contributed by atoms with E-state index >= 15 is 0 Å². The van der Waals surface area contributed by atoms with E-state index in [1.165, 1.54) is 12.1 Å². The Hall–Kier alpha value is -2.39. The van der Waals surface area contributed by atoms with E-state index in [-0.39, 0.29) is 23.6 Å². The van der Waals surface area contributed by atoms with Gasteiger partial charge in [0.15, 0.2) is 0 Å². The number of likely N-dealkylation sites (N-methyl/N-ethyl adjacent to an activating group) is 1. The molecule has 2 atom stereocenters. The predicted molar refractivity (Wildman–Crippen MR) is 96.7 cm³/mol. The third kappa shape index (κ3) is 4.36. The number of nitrogens with zero attached hydrogens (tertiary/aromatic N) is 4. The van der Waals surface area contributed by atoms with Crippen molar-refractivity contribution in [1.29, 1.82) is 0 Å². The third-order valence-electron chi connectivity index (χ3n) is 4.68. The Balaban J connectivity index is 1.91. The zero-order valence-corrected chi connectivity index (χ0v) is 16.0. The fourth-order valence-corrected chi connectivity index (χ4v) is 3.43. The molecular formula is C19H23F3N4O2. The van der Waals surface area contributed by atoms with Crippen LogP contribution in [-0.2, 0) is 18.0 Å². The van der Waals surface area contributed by atoms with Crippen LogP contribution in [0.25, 0.3) is 0 Å². The molecule has 0 unspecified atom stereocenters. The number of hydrogen-bond acceptors (Lipinski definition) is 4. The number of carbonyl (C=O) groups excluding carboxylic acids is 1. The van der Waals surface area contributed by atoms with Gasteiger partial charge in [-0.25, -0.2) is 0 Å². The van der Waals surface area contributed by atoms with Crippen LogP contribution in [0, 0.1) is 0 Å². The minimum absolute atomic E-state index is 0.215. The van der Waals surface area contributed by atoms with Crippen molar-refractivity contribution < 1.29 is 22.7 Å². The van der Waals surface area contributed by atoms with Crippen LogP contribution in [0.2, 0.25) is 0 Å². The van der Waals surface area contributed by atoms with Crippen molar-refractivity contribution in [2.24, 2.45) is 7.05 Å². The number of carbonyl (C=O) groups is 1. The SMILES string of the molecule is CN(C)C[C@@H]1OCCN(C(=O)c2ccc(C(F)(F)F)cc2)[C@H]1c1cnn(C)c1. The molecule has 1 aliphatic heterocycles. The van der Waals surface area contributed by atoms with Crippen LogP contribution in [-0.4, -0.2) is 65.4 Å². The molecule has 9 heteroatoms. The number of alkyl halides is 3. The molecule has 1 amide bonds. The monoisotopic (exact) mass is 396 g/mol. The van der Waals surface area contributed by atoms with Gasteiger partial charge >= 0.3 is 6.18 Å². The number of ether oxygens (including phenoxy) is 1. The molecular weight excluding hydrogens is 373 g/mol. The maximum absolute atomic E-state index is 13.1. The van der Waals surface area contributed by atoms with Gasteiger partial charge in [0.1, 0.15) is 0 Å². The number of morpholine rings is 1. The first kappa shape index (κ1) is 20.3. The summed E-state index contributed by atoms with van der Waals surface area (Å²) in [5.74, 6) is -0.324. The highest BCUT2D eigenvalue weighted by atomic mass is 19.4. The van der Waals surface area contributed by atoms with E-state index in [0.29, 0.717) is 19.7 Å². The summed E-state index contributed by atoms with van der Waals surface area (Å²) >= 11 is 0. The molecule has 1 aromatic carbocycles. The summed E-state index contributed by atoms with van der Waals surface area (Å²) in [6, 6.07) is 3.94. The molecule has 1 saturated heterocycles. The molecule has 1 fully saturated rings. The highest BCUT2D eigenvalue weighted by molar-refractivity contribution is 5.94. The molecule has 1 aliphatic rings. The molecule has 0 saturated carbocycles. The minimum Gasteiger partial charge on any atom is -0.373 e. The summed E-state index contributed by atoms with van der Waals surface area (Å²) in [6.07, 6.45) is -1.19. The first-order valence-corrected chi connectivity index (χ1v) is 8.90. The average Bonchev–Trinajstić information content (AvgIpc) is 3.06. The van der Waals surface area contributed by atoms with Crippen molar-refractivity contribution in [3.8, 4) is 0 Å². The first-order chi connectivity index (χ1) is 13.2. The number of aryl methyl sites for hydroxylation is 1. The van der Waals surface area contributed by atoms with Crippen molar-refractivity contribution in [2.45, 2.75) is 18.3 Å². The maximum Gasteiger partial charge on any atom is 0.416 e.